The summed E-state index contributed by atoms with van der Waals surface area (Å²) in [5.74, 6) is 0. The Morgan fingerprint density at radius 2 is 1.40 bits per heavy atom. The van der Waals surface area contributed by atoms with Gasteiger partial charge in [-0.05, 0) is 61.4 Å². The molecule has 1 aliphatic heterocycles. The number of nitrogens with one attached hydrogen (secondary N) is 3. The van der Waals surface area contributed by atoms with Gasteiger partial charge in [0, 0.05) is 32.7 Å². The maximum atomic E-state index is 3.59. The Hall–Kier alpha value is -1.46. The summed E-state index contributed by atoms with van der Waals surface area (Å²) in [5.41, 5.74) is 1.41. The lowest BCUT2D eigenvalue weighted by Crippen LogP contribution is -2.36. The molecule has 0 unspecified atom stereocenters. The van der Waals surface area contributed by atoms with Crippen molar-refractivity contribution in [2.75, 3.05) is 52.4 Å². The molecule has 4 nitrogen and oxygen atoms in total. The summed E-state index contributed by atoms with van der Waals surface area (Å²) < 4.78 is 0. The molecule has 0 aromatic heterocycles. The lowest BCUT2D eigenvalue weighted by molar-refractivity contribution is 0.260. The smallest absolute Gasteiger partial charge is 0.0234 e. The second kappa shape index (κ2) is 10.5. The summed E-state index contributed by atoms with van der Waals surface area (Å²) in [6.07, 6.45) is 2.40. The van der Waals surface area contributed by atoms with Crippen molar-refractivity contribution in [3.8, 4) is 0 Å². The largest absolute Gasteiger partial charge is 0.315 e. The molecule has 2 aromatic rings. The Kier molecular flexibility index (Phi) is 7.71. The van der Waals surface area contributed by atoms with Crippen LogP contribution in [0.15, 0.2) is 42.5 Å². The van der Waals surface area contributed by atoms with E-state index >= 15 is 0 Å². The van der Waals surface area contributed by atoms with Crippen LogP contribution in [0.1, 0.15) is 18.4 Å². The Morgan fingerprint density at radius 1 is 0.680 bits per heavy atom. The molecule has 0 spiro atoms. The van der Waals surface area contributed by atoms with Crippen LogP contribution in [-0.2, 0) is 6.54 Å². The topological polar surface area (TPSA) is 39.3 Å². The predicted molar refractivity (Wildman–Crippen MR) is 107 cm³/mol. The minimum absolute atomic E-state index is 1.04. The van der Waals surface area contributed by atoms with Gasteiger partial charge in [-0.1, -0.05) is 36.4 Å². The van der Waals surface area contributed by atoms with Gasteiger partial charge in [-0.3, -0.25) is 4.90 Å². The fraction of sp³-hybridized carbons (Fsp3) is 0.524. The zero-order valence-electron chi connectivity index (χ0n) is 15.3. The highest BCUT2D eigenvalue weighted by Gasteiger charge is 2.07. The van der Waals surface area contributed by atoms with Gasteiger partial charge < -0.3 is 16.0 Å². The molecule has 0 amide bonds. The van der Waals surface area contributed by atoms with Crippen molar-refractivity contribution in [3.05, 3.63) is 48.0 Å². The monoisotopic (exact) mass is 340 g/mol. The summed E-state index contributed by atoms with van der Waals surface area (Å²) >= 11 is 0. The summed E-state index contributed by atoms with van der Waals surface area (Å²) in [6, 6.07) is 15.5. The van der Waals surface area contributed by atoms with Crippen LogP contribution in [0.5, 0.6) is 0 Å². The standard InChI is InChI=1S/C21H32N4/c1-2-6-21-17-19(7-8-20(21)5-1)18-25-15-4-11-23-13-12-22-9-3-10-24-14-16-25/h1-2,5-8,17,22-24H,3-4,9-16,18H2. The van der Waals surface area contributed by atoms with Gasteiger partial charge in [0.25, 0.3) is 0 Å². The molecule has 0 radical (unpaired) electrons. The predicted octanol–water partition coefficient (Wildman–Crippen LogP) is 2.20. The molecule has 2 aromatic carbocycles. The molecular weight excluding hydrogens is 308 g/mol. The molecular formula is C21H32N4. The molecule has 0 saturated carbocycles. The van der Waals surface area contributed by atoms with Crippen molar-refractivity contribution in [3.63, 3.8) is 0 Å². The normalized spacial score (nSPS) is 19.5. The van der Waals surface area contributed by atoms with E-state index in [9.17, 15) is 0 Å². The second-order valence-electron chi connectivity index (χ2n) is 6.91. The third-order valence-electron chi connectivity index (χ3n) is 4.84. The summed E-state index contributed by atoms with van der Waals surface area (Å²) in [5, 5.41) is 13.3. The first-order valence-electron chi connectivity index (χ1n) is 9.74. The zero-order valence-corrected chi connectivity index (χ0v) is 15.3. The van der Waals surface area contributed by atoms with Crippen LogP contribution in [0.3, 0.4) is 0 Å². The van der Waals surface area contributed by atoms with Gasteiger partial charge in [0.15, 0.2) is 0 Å². The van der Waals surface area contributed by atoms with Crippen molar-refractivity contribution >= 4 is 10.8 Å². The number of rotatable bonds is 2. The third-order valence-corrected chi connectivity index (χ3v) is 4.84. The van der Waals surface area contributed by atoms with E-state index in [1.165, 1.54) is 29.2 Å². The van der Waals surface area contributed by atoms with Gasteiger partial charge in [-0.2, -0.15) is 0 Å². The molecule has 1 aliphatic rings. The molecule has 4 heteroatoms. The van der Waals surface area contributed by atoms with Crippen LogP contribution < -0.4 is 16.0 Å². The zero-order chi connectivity index (χ0) is 17.2. The number of hydrogen-bond acceptors (Lipinski definition) is 4. The van der Waals surface area contributed by atoms with Crippen molar-refractivity contribution in [1.29, 1.82) is 0 Å². The highest BCUT2D eigenvalue weighted by Crippen LogP contribution is 2.16. The molecule has 1 fully saturated rings. The minimum Gasteiger partial charge on any atom is -0.315 e. The van der Waals surface area contributed by atoms with Crippen LogP contribution in [0, 0.1) is 0 Å². The average Bonchev–Trinajstić information content (AvgIpc) is 2.64. The molecule has 136 valence electrons. The van der Waals surface area contributed by atoms with Gasteiger partial charge >= 0.3 is 0 Å². The van der Waals surface area contributed by atoms with E-state index in [2.05, 4.69) is 63.3 Å². The van der Waals surface area contributed by atoms with E-state index in [1.54, 1.807) is 0 Å². The summed E-state index contributed by atoms with van der Waals surface area (Å²) in [7, 11) is 0. The van der Waals surface area contributed by atoms with E-state index in [-0.39, 0.29) is 0 Å². The fourth-order valence-corrected chi connectivity index (χ4v) is 3.42. The molecule has 3 rings (SSSR count). The summed E-state index contributed by atoms with van der Waals surface area (Å²) in [4.78, 5) is 2.59. The van der Waals surface area contributed by atoms with Crippen molar-refractivity contribution < 1.29 is 0 Å². The Morgan fingerprint density at radius 3 is 2.24 bits per heavy atom. The van der Waals surface area contributed by atoms with Crippen LogP contribution >= 0.6 is 0 Å². The van der Waals surface area contributed by atoms with Crippen LogP contribution in [-0.4, -0.2) is 57.3 Å². The molecule has 0 aliphatic carbocycles. The third kappa shape index (κ3) is 6.40. The minimum atomic E-state index is 1.04. The van der Waals surface area contributed by atoms with E-state index in [1.807, 2.05) is 0 Å². The van der Waals surface area contributed by atoms with Crippen molar-refractivity contribution in [1.82, 2.24) is 20.9 Å². The highest BCUT2D eigenvalue weighted by molar-refractivity contribution is 5.82. The van der Waals surface area contributed by atoms with Gasteiger partial charge in [-0.15, -0.1) is 0 Å². The number of benzene rings is 2. The SMILES string of the molecule is c1ccc2cc(CN3CCCNCCNCCCNCC3)ccc2c1. The van der Waals surface area contributed by atoms with E-state index in [0.29, 0.717) is 0 Å². The molecule has 1 heterocycles. The lowest BCUT2D eigenvalue weighted by atomic mass is 10.1. The fourth-order valence-electron chi connectivity index (χ4n) is 3.42. The van der Waals surface area contributed by atoms with Gasteiger partial charge in [0.1, 0.15) is 0 Å². The Labute approximate surface area is 152 Å². The number of hydrogen-bond donors (Lipinski definition) is 3. The van der Waals surface area contributed by atoms with Crippen LogP contribution in [0.25, 0.3) is 10.8 Å². The molecule has 3 N–H and O–H groups in total. The lowest BCUT2D eigenvalue weighted by Gasteiger charge is -2.23. The van der Waals surface area contributed by atoms with E-state index < -0.39 is 0 Å². The molecule has 25 heavy (non-hydrogen) atoms. The maximum Gasteiger partial charge on any atom is 0.0234 e. The van der Waals surface area contributed by atoms with Gasteiger partial charge in [0.2, 0.25) is 0 Å². The first kappa shape index (κ1) is 18.3. The van der Waals surface area contributed by atoms with Crippen LogP contribution in [0.2, 0.25) is 0 Å². The second-order valence-corrected chi connectivity index (χ2v) is 6.91. The maximum absolute atomic E-state index is 3.59. The first-order valence-corrected chi connectivity index (χ1v) is 9.74. The number of nitrogens with zero attached hydrogens (tertiary/aromatic N) is 1. The van der Waals surface area contributed by atoms with Crippen LogP contribution in [0.4, 0.5) is 0 Å². The highest BCUT2D eigenvalue weighted by atomic mass is 15.1. The first-order chi connectivity index (χ1) is 12.4. The van der Waals surface area contributed by atoms with Crippen molar-refractivity contribution in [2.45, 2.75) is 19.4 Å². The van der Waals surface area contributed by atoms with Crippen molar-refractivity contribution in [2.24, 2.45) is 0 Å². The molecule has 0 bridgehead atoms. The average molecular weight is 341 g/mol. The van der Waals surface area contributed by atoms with E-state index in [4.69, 9.17) is 0 Å². The summed E-state index contributed by atoms with van der Waals surface area (Å²) in [6.45, 7) is 9.81. The van der Waals surface area contributed by atoms with Gasteiger partial charge in [0.05, 0.1) is 0 Å². The number of fused-ring (bicyclic) bond motifs is 1. The quantitative estimate of drug-likeness (QED) is 0.784. The molecule has 1 saturated heterocycles. The van der Waals surface area contributed by atoms with Gasteiger partial charge in [-0.25, -0.2) is 0 Å². The Balaban J connectivity index is 1.57. The van der Waals surface area contributed by atoms with E-state index in [0.717, 1.165) is 58.9 Å². The Bertz CT molecular complexity index is 614. The molecule has 0 atom stereocenters.